The molecule has 0 radical (unpaired) electrons. The fraction of sp³-hybridized carbons (Fsp3) is 0.176. The number of ether oxygens (including phenoxy) is 2. The first-order valence-corrected chi connectivity index (χ1v) is 8.66. The molecule has 0 saturated carbocycles. The summed E-state index contributed by atoms with van der Waals surface area (Å²) in [5, 5.41) is 4.43. The zero-order chi connectivity index (χ0) is 18.1. The SMILES string of the molecule is O=C(C[C@H]1Oc2ccccc2NC1=O)OCc1cc(=O)n2ccsc2n1. The summed E-state index contributed by atoms with van der Waals surface area (Å²) >= 11 is 1.31. The monoisotopic (exact) mass is 371 g/mol. The smallest absolute Gasteiger partial charge is 0.310 e. The molecule has 0 fully saturated rings. The summed E-state index contributed by atoms with van der Waals surface area (Å²) in [6.07, 6.45) is 0.429. The van der Waals surface area contributed by atoms with Gasteiger partial charge in [0.25, 0.3) is 11.5 Å². The van der Waals surface area contributed by atoms with Crippen LogP contribution in [0.1, 0.15) is 12.1 Å². The van der Waals surface area contributed by atoms with Gasteiger partial charge in [-0.25, -0.2) is 4.98 Å². The minimum atomic E-state index is -0.962. The number of carbonyl (C=O) groups is 2. The van der Waals surface area contributed by atoms with Crippen molar-refractivity contribution in [3.63, 3.8) is 0 Å². The number of esters is 1. The van der Waals surface area contributed by atoms with Crippen LogP contribution in [0.2, 0.25) is 0 Å². The summed E-state index contributed by atoms with van der Waals surface area (Å²) in [6, 6.07) is 8.29. The standard InChI is InChI=1S/C17H13N3O5S/c21-14-7-10(18-17-20(14)5-6-26-17)9-24-15(22)8-13-16(23)19-11-3-1-2-4-12(11)25-13/h1-7,13H,8-9H2,(H,19,23)/t13-/m1/s1. The summed E-state index contributed by atoms with van der Waals surface area (Å²) in [6.45, 7) is -0.145. The third-order valence-electron chi connectivity index (χ3n) is 3.80. The molecule has 0 aliphatic carbocycles. The summed E-state index contributed by atoms with van der Waals surface area (Å²) in [4.78, 5) is 40.8. The molecular formula is C17H13N3O5S. The van der Waals surface area contributed by atoms with E-state index in [1.807, 2.05) is 0 Å². The number of aromatic nitrogens is 2. The van der Waals surface area contributed by atoms with Gasteiger partial charge in [0.1, 0.15) is 12.4 Å². The second-order valence-electron chi connectivity index (χ2n) is 5.60. The van der Waals surface area contributed by atoms with E-state index in [1.165, 1.54) is 21.8 Å². The van der Waals surface area contributed by atoms with Crippen LogP contribution in [0.15, 0.2) is 46.7 Å². The van der Waals surface area contributed by atoms with Crippen molar-refractivity contribution in [3.05, 3.63) is 58.0 Å². The van der Waals surface area contributed by atoms with E-state index in [1.54, 1.807) is 35.8 Å². The molecule has 1 N–H and O–H groups in total. The molecule has 1 aliphatic rings. The van der Waals surface area contributed by atoms with Crippen molar-refractivity contribution in [3.8, 4) is 5.75 Å². The molecule has 1 amide bonds. The van der Waals surface area contributed by atoms with Gasteiger partial charge in [-0.3, -0.25) is 18.8 Å². The molecule has 3 aromatic rings. The quantitative estimate of drug-likeness (QED) is 0.699. The number of hydrogen-bond donors (Lipinski definition) is 1. The molecular weight excluding hydrogens is 358 g/mol. The van der Waals surface area contributed by atoms with Crippen molar-refractivity contribution in [1.82, 2.24) is 9.38 Å². The molecule has 1 atom stereocenters. The Morgan fingerprint density at radius 3 is 3.08 bits per heavy atom. The normalized spacial score (nSPS) is 15.8. The van der Waals surface area contributed by atoms with Gasteiger partial charge in [0.05, 0.1) is 17.8 Å². The third-order valence-corrected chi connectivity index (χ3v) is 4.55. The number of anilines is 1. The van der Waals surface area contributed by atoms with Gasteiger partial charge < -0.3 is 14.8 Å². The minimum Gasteiger partial charge on any atom is -0.478 e. The molecule has 4 rings (SSSR count). The first-order chi connectivity index (χ1) is 12.6. The number of para-hydroxylation sites is 2. The van der Waals surface area contributed by atoms with Crippen LogP contribution in [0.4, 0.5) is 5.69 Å². The van der Waals surface area contributed by atoms with Crippen molar-refractivity contribution < 1.29 is 19.1 Å². The van der Waals surface area contributed by atoms with Crippen molar-refractivity contribution in [2.45, 2.75) is 19.1 Å². The van der Waals surface area contributed by atoms with Gasteiger partial charge in [-0.15, -0.1) is 11.3 Å². The Bertz CT molecular complexity index is 1060. The Labute approximate surface area is 151 Å². The molecule has 8 nitrogen and oxygen atoms in total. The lowest BCUT2D eigenvalue weighted by molar-refractivity contribution is -0.149. The van der Waals surface area contributed by atoms with Crippen LogP contribution in [-0.2, 0) is 20.9 Å². The average molecular weight is 371 g/mol. The van der Waals surface area contributed by atoms with Crippen LogP contribution in [0.3, 0.4) is 0 Å². The first kappa shape index (κ1) is 16.3. The number of nitrogens with zero attached hydrogens (tertiary/aromatic N) is 2. The Morgan fingerprint density at radius 2 is 2.19 bits per heavy atom. The lowest BCUT2D eigenvalue weighted by Crippen LogP contribution is -2.38. The van der Waals surface area contributed by atoms with Gasteiger partial charge >= 0.3 is 5.97 Å². The van der Waals surface area contributed by atoms with E-state index >= 15 is 0 Å². The van der Waals surface area contributed by atoms with E-state index in [0.29, 0.717) is 22.1 Å². The molecule has 0 saturated heterocycles. The first-order valence-electron chi connectivity index (χ1n) is 7.78. The molecule has 9 heteroatoms. The lowest BCUT2D eigenvalue weighted by Gasteiger charge is -2.25. The molecule has 26 heavy (non-hydrogen) atoms. The number of hydrogen-bond acceptors (Lipinski definition) is 7. The Balaban J connectivity index is 1.39. The predicted octanol–water partition coefficient (Wildman–Crippen LogP) is 1.59. The topological polar surface area (TPSA) is 99.0 Å². The molecule has 2 aromatic heterocycles. The number of thiazole rings is 1. The Hall–Kier alpha value is -3.20. The fourth-order valence-corrected chi connectivity index (χ4v) is 3.29. The highest BCUT2D eigenvalue weighted by Crippen LogP contribution is 2.29. The average Bonchev–Trinajstić information content (AvgIpc) is 3.10. The van der Waals surface area contributed by atoms with Crippen LogP contribution < -0.4 is 15.6 Å². The molecule has 0 spiro atoms. The number of fused-ring (bicyclic) bond motifs is 2. The second-order valence-corrected chi connectivity index (χ2v) is 6.47. The Morgan fingerprint density at radius 1 is 1.35 bits per heavy atom. The fourth-order valence-electron chi connectivity index (χ4n) is 2.55. The predicted molar refractivity (Wildman–Crippen MR) is 93.2 cm³/mol. The Kier molecular flexibility index (Phi) is 4.13. The molecule has 1 aromatic carbocycles. The van der Waals surface area contributed by atoms with Gasteiger partial charge in [0.15, 0.2) is 11.1 Å². The lowest BCUT2D eigenvalue weighted by atomic mass is 10.1. The summed E-state index contributed by atoms with van der Waals surface area (Å²) in [5.74, 6) is -0.516. The van der Waals surface area contributed by atoms with Gasteiger partial charge in [-0.2, -0.15) is 0 Å². The maximum absolute atomic E-state index is 12.0. The molecule has 0 unspecified atom stereocenters. The highest BCUT2D eigenvalue weighted by atomic mass is 32.1. The highest BCUT2D eigenvalue weighted by Gasteiger charge is 2.30. The van der Waals surface area contributed by atoms with Crippen LogP contribution in [-0.4, -0.2) is 27.4 Å². The maximum atomic E-state index is 12.0. The minimum absolute atomic E-state index is 0.145. The van der Waals surface area contributed by atoms with Gasteiger partial charge in [-0.05, 0) is 12.1 Å². The van der Waals surface area contributed by atoms with Crippen LogP contribution in [0, 0.1) is 0 Å². The molecule has 132 valence electrons. The number of rotatable bonds is 4. The zero-order valence-corrected chi connectivity index (χ0v) is 14.2. The van der Waals surface area contributed by atoms with Crippen molar-refractivity contribution in [2.75, 3.05) is 5.32 Å². The van der Waals surface area contributed by atoms with E-state index in [-0.39, 0.29) is 18.6 Å². The van der Waals surface area contributed by atoms with E-state index in [0.717, 1.165) is 0 Å². The molecule has 3 heterocycles. The summed E-state index contributed by atoms with van der Waals surface area (Å²) < 4.78 is 12.1. The van der Waals surface area contributed by atoms with Crippen LogP contribution in [0.5, 0.6) is 5.75 Å². The molecule has 0 bridgehead atoms. The van der Waals surface area contributed by atoms with Crippen LogP contribution in [0.25, 0.3) is 4.96 Å². The van der Waals surface area contributed by atoms with E-state index in [9.17, 15) is 14.4 Å². The number of amides is 1. The maximum Gasteiger partial charge on any atom is 0.310 e. The summed E-state index contributed by atoms with van der Waals surface area (Å²) in [5.41, 5.74) is 0.676. The van der Waals surface area contributed by atoms with Gasteiger partial charge in [-0.1, -0.05) is 12.1 Å². The zero-order valence-electron chi connectivity index (χ0n) is 13.4. The molecule has 1 aliphatic heterocycles. The second kappa shape index (κ2) is 6.60. The third kappa shape index (κ3) is 3.16. The largest absolute Gasteiger partial charge is 0.478 e. The van der Waals surface area contributed by atoms with Gasteiger partial charge in [0.2, 0.25) is 0 Å². The van der Waals surface area contributed by atoms with Gasteiger partial charge in [0, 0.05) is 17.6 Å². The van der Waals surface area contributed by atoms with Crippen molar-refractivity contribution in [1.29, 1.82) is 0 Å². The summed E-state index contributed by atoms with van der Waals surface area (Å²) in [7, 11) is 0. The van der Waals surface area contributed by atoms with E-state index in [2.05, 4.69) is 10.3 Å². The van der Waals surface area contributed by atoms with Crippen molar-refractivity contribution >= 4 is 33.9 Å². The number of carbonyl (C=O) groups excluding carboxylic acids is 2. The van der Waals surface area contributed by atoms with Crippen LogP contribution >= 0.6 is 11.3 Å². The number of benzene rings is 1. The number of nitrogens with one attached hydrogen (secondary N) is 1. The van der Waals surface area contributed by atoms with Crippen molar-refractivity contribution in [2.24, 2.45) is 0 Å². The van der Waals surface area contributed by atoms with E-state index in [4.69, 9.17) is 9.47 Å². The highest BCUT2D eigenvalue weighted by molar-refractivity contribution is 7.15. The van der Waals surface area contributed by atoms with E-state index < -0.39 is 18.0 Å².